The van der Waals surface area contributed by atoms with Gasteiger partial charge >= 0.3 is 15.6 Å². The highest BCUT2D eigenvalue weighted by molar-refractivity contribution is 7.47. The Hall–Kier alpha value is -3.44. The first-order valence-electron chi connectivity index (χ1n) is 13.4. The molecule has 4 aromatic rings. The van der Waals surface area contributed by atoms with Crippen LogP contribution in [0.1, 0.15) is 12.5 Å². The molecule has 8 heterocycles. The molecular formula is C21H24N10O13P2. The second-order valence-electron chi connectivity index (χ2n) is 10.9. The molecular weight excluding hydrogens is 662 g/mol. The lowest BCUT2D eigenvalue weighted by Gasteiger charge is -2.32. The molecule has 2 unspecified atom stereocenters. The normalized spacial score (nSPS) is 39.7. The number of ether oxygens (including phenoxy) is 3. The van der Waals surface area contributed by atoms with E-state index >= 15 is 0 Å². The fourth-order valence-electron chi connectivity index (χ4n) is 5.97. The lowest BCUT2D eigenvalue weighted by molar-refractivity contribution is -0.184. The summed E-state index contributed by atoms with van der Waals surface area (Å²) in [6.45, 7) is -1.82. The van der Waals surface area contributed by atoms with Gasteiger partial charge in [-0.15, -0.1) is 0 Å². The number of nitrogens with two attached hydrogens (primary N) is 2. The van der Waals surface area contributed by atoms with Crippen molar-refractivity contribution < 1.29 is 56.3 Å². The average Bonchev–Trinajstić information content (AvgIpc) is 3.80. The van der Waals surface area contributed by atoms with Crippen LogP contribution in [0, 0.1) is 0 Å². The lowest BCUT2D eigenvalue weighted by Crippen LogP contribution is -2.45. The van der Waals surface area contributed by atoms with Gasteiger partial charge in [-0.1, -0.05) is 0 Å². The van der Waals surface area contributed by atoms with Crippen molar-refractivity contribution in [2.75, 3.05) is 31.3 Å². The molecule has 4 aliphatic rings. The Balaban J connectivity index is 1.14. The molecule has 0 aliphatic carbocycles. The van der Waals surface area contributed by atoms with Gasteiger partial charge in [0.2, 0.25) is 5.95 Å². The molecule has 4 saturated heterocycles. The van der Waals surface area contributed by atoms with Crippen molar-refractivity contribution in [3.8, 4) is 0 Å². The number of anilines is 2. The molecule has 4 aromatic heterocycles. The van der Waals surface area contributed by atoms with Gasteiger partial charge in [0.1, 0.15) is 48.0 Å². The lowest BCUT2D eigenvalue weighted by atomic mass is 10.0. The number of aliphatic hydroxyl groups is 1. The van der Waals surface area contributed by atoms with Crippen LogP contribution in [0.15, 0.2) is 23.8 Å². The zero-order valence-corrected chi connectivity index (χ0v) is 24.8. The van der Waals surface area contributed by atoms with E-state index in [1.165, 1.54) is 17.2 Å². The van der Waals surface area contributed by atoms with Crippen LogP contribution in [0.5, 0.6) is 0 Å². The van der Waals surface area contributed by atoms with E-state index in [4.69, 9.17) is 43.8 Å². The maximum atomic E-state index is 13.4. The van der Waals surface area contributed by atoms with Gasteiger partial charge in [-0.2, -0.15) is 4.98 Å². The number of imidazole rings is 2. The highest BCUT2D eigenvalue weighted by atomic mass is 31.2. The smallest absolute Gasteiger partial charge is 0.387 e. The highest BCUT2D eigenvalue weighted by Gasteiger charge is 2.66. The number of rotatable bonds is 2. The summed E-state index contributed by atoms with van der Waals surface area (Å²) < 4.78 is 68.7. The molecule has 0 saturated carbocycles. The zero-order chi connectivity index (χ0) is 32.2. The van der Waals surface area contributed by atoms with Crippen LogP contribution in [0.25, 0.3) is 22.3 Å². The molecule has 10 atom stereocenters. The van der Waals surface area contributed by atoms with Gasteiger partial charge in [0.05, 0.1) is 32.5 Å². The van der Waals surface area contributed by atoms with Crippen molar-refractivity contribution in [3.05, 3.63) is 29.3 Å². The Morgan fingerprint density at radius 2 is 1.67 bits per heavy atom. The summed E-state index contributed by atoms with van der Waals surface area (Å²) in [5.74, 6) is -0.181. The molecule has 4 fully saturated rings. The molecule has 23 nitrogen and oxygen atoms in total. The van der Waals surface area contributed by atoms with E-state index in [1.54, 1.807) is 0 Å². The fourth-order valence-corrected chi connectivity index (χ4v) is 7.95. The number of aromatic nitrogens is 8. The average molecular weight is 686 g/mol. The van der Waals surface area contributed by atoms with Gasteiger partial charge in [-0.3, -0.25) is 37.0 Å². The summed E-state index contributed by atoms with van der Waals surface area (Å²) in [5, 5.41) is 11.1. The molecule has 0 radical (unpaired) electrons. The van der Waals surface area contributed by atoms with Crippen LogP contribution < -0.4 is 17.0 Å². The molecule has 0 spiro atoms. The largest absolute Gasteiger partial charge is 0.472 e. The Bertz CT molecular complexity index is 2020. The van der Waals surface area contributed by atoms with Crippen molar-refractivity contribution in [2.45, 2.75) is 48.6 Å². The standard InChI is InChI=1S/C21H24N10O13P2/c22-14-8-15(25-4-24-14)30(5-26-8)19-12-13-21(42-19,2-38-12)3-40-46(36,37)43-11-10(32)7(1-39-45(34,35)44-13)41-18(11)31-6-27-9-16(31)28-20(23)29-17(9)33/h4-7,10-13,18-19,32H,1-3H2,(H,34,35)(H,36,37)(H2,22,24,25)(H3,23,28,29,33)/t7-,10-,11-,12-,13+,18-,19-,21-/m1/s1. The summed E-state index contributed by atoms with van der Waals surface area (Å²) in [6.07, 6.45) is -6.26. The number of hydrogen-bond acceptors (Lipinski definition) is 18. The Labute approximate surface area is 254 Å². The number of aliphatic hydroxyl groups excluding tert-OH is 1. The predicted octanol–water partition coefficient (Wildman–Crippen LogP) is -1.93. The first kappa shape index (κ1) is 29.9. The summed E-state index contributed by atoms with van der Waals surface area (Å²) >= 11 is 0. The maximum Gasteiger partial charge on any atom is 0.472 e. The summed E-state index contributed by atoms with van der Waals surface area (Å²) in [7, 11) is -10.1. The predicted molar refractivity (Wildman–Crippen MR) is 146 cm³/mol. The highest BCUT2D eigenvalue weighted by Crippen LogP contribution is 2.58. The molecule has 4 bridgehead atoms. The third kappa shape index (κ3) is 4.67. The van der Waals surface area contributed by atoms with Crippen molar-refractivity contribution in [1.29, 1.82) is 0 Å². The molecule has 8 N–H and O–H groups in total. The fraction of sp³-hybridized carbons (Fsp3) is 0.524. The van der Waals surface area contributed by atoms with Gasteiger partial charge in [0.15, 0.2) is 35.1 Å². The van der Waals surface area contributed by atoms with Crippen LogP contribution in [0.2, 0.25) is 0 Å². The third-order valence-corrected chi connectivity index (χ3v) is 9.98. The van der Waals surface area contributed by atoms with E-state index in [0.717, 1.165) is 10.9 Å². The molecule has 0 aromatic carbocycles. The molecule has 8 rings (SSSR count). The van der Waals surface area contributed by atoms with E-state index in [-0.39, 0.29) is 40.7 Å². The number of nitrogens with one attached hydrogen (secondary N) is 1. The van der Waals surface area contributed by atoms with Gasteiger partial charge < -0.3 is 40.6 Å². The van der Waals surface area contributed by atoms with Crippen LogP contribution in [0.3, 0.4) is 0 Å². The maximum absolute atomic E-state index is 13.4. The number of aromatic amines is 1. The van der Waals surface area contributed by atoms with Crippen LogP contribution in [-0.2, 0) is 41.4 Å². The minimum atomic E-state index is -5.11. The molecule has 246 valence electrons. The monoisotopic (exact) mass is 686 g/mol. The third-order valence-electron chi connectivity index (χ3n) is 8.05. The van der Waals surface area contributed by atoms with Crippen LogP contribution in [0.4, 0.5) is 11.8 Å². The van der Waals surface area contributed by atoms with Crippen molar-refractivity contribution >= 4 is 49.7 Å². The Morgan fingerprint density at radius 1 is 0.935 bits per heavy atom. The topological polar surface area (TPSA) is 319 Å². The zero-order valence-electron chi connectivity index (χ0n) is 23.0. The van der Waals surface area contributed by atoms with Gasteiger partial charge in [0, 0.05) is 0 Å². The second kappa shape index (κ2) is 10.3. The quantitative estimate of drug-likeness (QED) is 0.125. The summed E-state index contributed by atoms with van der Waals surface area (Å²) in [6, 6.07) is 0. The van der Waals surface area contributed by atoms with E-state index in [9.17, 15) is 28.8 Å². The van der Waals surface area contributed by atoms with E-state index in [1.807, 2.05) is 0 Å². The summed E-state index contributed by atoms with van der Waals surface area (Å²) in [4.78, 5) is 56.5. The minimum absolute atomic E-state index is 0.0897. The summed E-state index contributed by atoms with van der Waals surface area (Å²) in [5.41, 5.74) is 9.37. The Kier molecular flexibility index (Phi) is 6.69. The van der Waals surface area contributed by atoms with E-state index in [0.29, 0.717) is 0 Å². The van der Waals surface area contributed by atoms with Crippen molar-refractivity contribution in [3.63, 3.8) is 0 Å². The van der Waals surface area contributed by atoms with Gasteiger partial charge in [0.25, 0.3) is 5.56 Å². The van der Waals surface area contributed by atoms with Crippen LogP contribution in [-0.4, -0.2) is 110 Å². The number of phosphoric acid groups is 2. The SMILES string of the molecule is Nc1nc2c(ncn2[C@@H]2O[C@@H]3COP(=O)(O)O[C@H]4[C@H]5OC[C@]4(COP(=O)(O)O[C@@H]2[C@@H]3O)O[C@H]5n2cnc3c(N)ncnc32)c(=O)[nH]1. The van der Waals surface area contributed by atoms with Gasteiger partial charge in [-0.05, 0) is 0 Å². The number of fused-ring (bicyclic) bond motifs is 4. The molecule has 0 amide bonds. The number of hydrogen-bond donors (Lipinski definition) is 6. The second-order valence-corrected chi connectivity index (χ2v) is 13.7. The number of nitrogens with zero attached hydrogens (tertiary/aromatic N) is 7. The van der Waals surface area contributed by atoms with E-state index in [2.05, 4.69) is 29.9 Å². The minimum Gasteiger partial charge on any atom is -0.387 e. The number of phosphoric ester groups is 2. The first-order chi connectivity index (χ1) is 21.8. The van der Waals surface area contributed by atoms with E-state index < -0.39 is 83.0 Å². The molecule has 25 heteroatoms. The number of nitrogen functional groups attached to an aromatic ring is 2. The Morgan fingerprint density at radius 3 is 2.48 bits per heavy atom. The van der Waals surface area contributed by atoms with Gasteiger partial charge in [-0.25, -0.2) is 29.1 Å². The number of H-pyrrole nitrogens is 1. The van der Waals surface area contributed by atoms with Crippen LogP contribution >= 0.6 is 15.6 Å². The molecule has 46 heavy (non-hydrogen) atoms. The van der Waals surface area contributed by atoms with Crippen molar-refractivity contribution in [2.24, 2.45) is 0 Å². The molecule has 4 aliphatic heterocycles. The first-order valence-corrected chi connectivity index (χ1v) is 16.4. The van der Waals surface area contributed by atoms with Crippen molar-refractivity contribution in [1.82, 2.24) is 39.0 Å².